The highest BCUT2D eigenvalue weighted by atomic mass is 16.6. The molecule has 0 radical (unpaired) electrons. The summed E-state index contributed by atoms with van der Waals surface area (Å²) in [6.45, 7) is 5.11. The molecule has 0 N–H and O–H groups in total. The smallest absolute Gasteiger partial charge is 0.344 e. The number of carbonyl (C=O) groups is 3. The lowest BCUT2D eigenvalue weighted by molar-refractivity contribution is -0.169. The van der Waals surface area contributed by atoms with E-state index in [4.69, 9.17) is 14.2 Å². The summed E-state index contributed by atoms with van der Waals surface area (Å²) in [5.74, 6) is -0.711. The number of fused-ring (bicyclic) bond motifs is 2. The molecule has 130 valence electrons. The van der Waals surface area contributed by atoms with Crippen LogP contribution in [0.3, 0.4) is 0 Å². The van der Waals surface area contributed by atoms with Gasteiger partial charge in [0.2, 0.25) is 0 Å². The van der Waals surface area contributed by atoms with Crippen molar-refractivity contribution in [2.45, 2.75) is 52.6 Å². The SMILES string of the molecule is CCC(C)(C)C(=O)OCC(=O)OC1CC2CC1CC2C(=O)OC. The lowest BCUT2D eigenvalue weighted by Gasteiger charge is -2.26. The van der Waals surface area contributed by atoms with Gasteiger partial charge < -0.3 is 14.2 Å². The maximum Gasteiger partial charge on any atom is 0.344 e. The minimum absolute atomic E-state index is 0.0665. The van der Waals surface area contributed by atoms with Crippen LogP contribution >= 0.6 is 0 Å². The monoisotopic (exact) mass is 326 g/mol. The van der Waals surface area contributed by atoms with Crippen molar-refractivity contribution in [2.24, 2.45) is 23.2 Å². The van der Waals surface area contributed by atoms with Crippen molar-refractivity contribution in [3.05, 3.63) is 0 Å². The molecule has 4 unspecified atom stereocenters. The summed E-state index contributed by atoms with van der Waals surface area (Å²) in [5.41, 5.74) is -0.597. The average molecular weight is 326 g/mol. The van der Waals surface area contributed by atoms with Gasteiger partial charge in [-0.15, -0.1) is 0 Å². The molecule has 0 aromatic rings. The van der Waals surface area contributed by atoms with E-state index < -0.39 is 17.4 Å². The van der Waals surface area contributed by atoms with Crippen LogP contribution in [0, 0.1) is 23.2 Å². The first-order chi connectivity index (χ1) is 10.8. The Morgan fingerprint density at radius 2 is 1.78 bits per heavy atom. The molecule has 6 nitrogen and oxygen atoms in total. The van der Waals surface area contributed by atoms with E-state index in [0.29, 0.717) is 19.3 Å². The van der Waals surface area contributed by atoms with Crippen molar-refractivity contribution >= 4 is 17.9 Å². The van der Waals surface area contributed by atoms with Crippen molar-refractivity contribution in [1.29, 1.82) is 0 Å². The van der Waals surface area contributed by atoms with Gasteiger partial charge in [0.25, 0.3) is 0 Å². The zero-order valence-corrected chi connectivity index (χ0v) is 14.3. The topological polar surface area (TPSA) is 78.9 Å². The van der Waals surface area contributed by atoms with E-state index in [1.807, 2.05) is 6.92 Å². The average Bonchev–Trinajstić information content (AvgIpc) is 3.11. The summed E-state index contributed by atoms with van der Waals surface area (Å²) >= 11 is 0. The fourth-order valence-electron chi connectivity index (χ4n) is 3.47. The van der Waals surface area contributed by atoms with Crippen LogP contribution in [-0.2, 0) is 28.6 Å². The molecular weight excluding hydrogens is 300 g/mol. The minimum atomic E-state index is -0.597. The third-order valence-electron chi connectivity index (χ3n) is 5.34. The number of ether oxygens (including phenoxy) is 3. The van der Waals surface area contributed by atoms with Crippen LogP contribution < -0.4 is 0 Å². The maximum atomic E-state index is 11.9. The molecule has 0 heterocycles. The summed E-state index contributed by atoms with van der Waals surface area (Å²) in [7, 11) is 1.40. The molecule has 2 saturated carbocycles. The predicted octanol–water partition coefficient (Wildman–Crippen LogP) is 2.10. The molecule has 2 fully saturated rings. The second-order valence-electron chi connectivity index (χ2n) is 7.20. The van der Waals surface area contributed by atoms with Gasteiger partial charge >= 0.3 is 17.9 Å². The molecule has 4 atom stereocenters. The number of methoxy groups -OCH3 is 1. The van der Waals surface area contributed by atoms with Crippen molar-refractivity contribution in [3.63, 3.8) is 0 Å². The van der Waals surface area contributed by atoms with Crippen LogP contribution in [0.5, 0.6) is 0 Å². The Bertz CT molecular complexity index is 483. The molecule has 2 aliphatic rings. The van der Waals surface area contributed by atoms with Crippen LogP contribution in [-0.4, -0.2) is 37.7 Å². The molecular formula is C17H26O6. The summed E-state index contributed by atoms with van der Waals surface area (Å²) < 4.78 is 15.3. The first-order valence-electron chi connectivity index (χ1n) is 8.23. The van der Waals surface area contributed by atoms with Gasteiger partial charge in [0, 0.05) is 0 Å². The third-order valence-corrected chi connectivity index (χ3v) is 5.34. The van der Waals surface area contributed by atoms with E-state index >= 15 is 0 Å². The molecule has 2 rings (SSSR count). The molecule has 2 bridgehead atoms. The second-order valence-corrected chi connectivity index (χ2v) is 7.20. The Balaban J connectivity index is 1.76. The van der Waals surface area contributed by atoms with Gasteiger partial charge in [-0.1, -0.05) is 6.92 Å². The van der Waals surface area contributed by atoms with Gasteiger partial charge in [-0.2, -0.15) is 0 Å². The summed E-state index contributed by atoms with van der Waals surface area (Å²) in [6, 6.07) is 0. The Labute approximate surface area is 136 Å². The fourth-order valence-corrected chi connectivity index (χ4v) is 3.47. The third kappa shape index (κ3) is 3.85. The normalized spacial score (nSPS) is 29.2. The maximum absolute atomic E-state index is 11.9. The van der Waals surface area contributed by atoms with Crippen LogP contribution in [0.2, 0.25) is 0 Å². The first kappa shape index (κ1) is 17.8. The summed E-state index contributed by atoms with van der Waals surface area (Å²) in [5, 5.41) is 0. The number of carbonyl (C=O) groups excluding carboxylic acids is 3. The number of hydrogen-bond donors (Lipinski definition) is 0. The van der Waals surface area contributed by atoms with E-state index in [1.54, 1.807) is 13.8 Å². The molecule has 23 heavy (non-hydrogen) atoms. The van der Waals surface area contributed by atoms with Gasteiger partial charge in [0.05, 0.1) is 18.4 Å². The van der Waals surface area contributed by atoms with Gasteiger partial charge in [-0.3, -0.25) is 9.59 Å². The van der Waals surface area contributed by atoms with Gasteiger partial charge in [-0.25, -0.2) is 4.79 Å². The van der Waals surface area contributed by atoms with Gasteiger partial charge in [-0.05, 0) is 51.4 Å². The molecule has 6 heteroatoms. The molecule has 0 spiro atoms. The molecule has 0 aromatic carbocycles. The van der Waals surface area contributed by atoms with E-state index in [1.165, 1.54) is 7.11 Å². The Kier molecular flexibility index (Phi) is 5.32. The fraction of sp³-hybridized carbons (Fsp3) is 0.824. The molecule has 0 aromatic heterocycles. The largest absolute Gasteiger partial charge is 0.469 e. The molecule has 0 aliphatic heterocycles. The number of hydrogen-bond acceptors (Lipinski definition) is 6. The molecule has 2 aliphatic carbocycles. The lowest BCUT2D eigenvalue weighted by atomic mass is 9.87. The Morgan fingerprint density at radius 3 is 2.30 bits per heavy atom. The van der Waals surface area contributed by atoms with Gasteiger partial charge in [0.15, 0.2) is 6.61 Å². The van der Waals surface area contributed by atoms with Crippen molar-refractivity contribution < 1.29 is 28.6 Å². The van der Waals surface area contributed by atoms with E-state index in [9.17, 15) is 14.4 Å². The highest BCUT2D eigenvalue weighted by Crippen LogP contribution is 2.50. The number of esters is 3. The zero-order valence-electron chi connectivity index (χ0n) is 14.3. The minimum Gasteiger partial charge on any atom is -0.469 e. The zero-order chi connectivity index (χ0) is 17.2. The first-order valence-corrected chi connectivity index (χ1v) is 8.23. The van der Waals surface area contributed by atoms with Crippen LogP contribution in [0.15, 0.2) is 0 Å². The van der Waals surface area contributed by atoms with E-state index in [2.05, 4.69) is 0 Å². The predicted molar refractivity (Wildman–Crippen MR) is 81.2 cm³/mol. The van der Waals surface area contributed by atoms with E-state index in [0.717, 1.165) is 6.42 Å². The lowest BCUT2D eigenvalue weighted by Crippen LogP contribution is -2.33. The highest BCUT2D eigenvalue weighted by molar-refractivity contribution is 5.80. The van der Waals surface area contributed by atoms with Gasteiger partial charge in [0.1, 0.15) is 6.10 Å². The van der Waals surface area contributed by atoms with Crippen molar-refractivity contribution in [3.8, 4) is 0 Å². The summed E-state index contributed by atoms with van der Waals surface area (Å²) in [6.07, 6.45) is 2.75. The Hall–Kier alpha value is -1.59. The Morgan fingerprint density at radius 1 is 1.09 bits per heavy atom. The molecule has 0 amide bonds. The van der Waals surface area contributed by atoms with Crippen molar-refractivity contribution in [2.75, 3.05) is 13.7 Å². The summed E-state index contributed by atoms with van der Waals surface area (Å²) in [4.78, 5) is 35.4. The second kappa shape index (κ2) is 6.89. The van der Waals surface area contributed by atoms with E-state index in [-0.39, 0.29) is 36.4 Å². The standard InChI is InChI=1S/C17H26O6/c1-5-17(2,3)16(20)22-9-14(18)23-13-8-10-6-11(13)7-12(10)15(19)21-4/h10-13H,5-9H2,1-4H3. The van der Waals surface area contributed by atoms with Crippen molar-refractivity contribution in [1.82, 2.24) is 0 Å². The van der Waals surface area contributed by atoms with Crippen LogP contribution in [0.25, 0.3) is 0 Å². The van der Waals surface area contributed by atoms with Crippen LogP contribution in [0.1, 0.15) is 46.5 Å². The quantitative estimate of drug-likeness (QED) is 0.549. The highest BCUT2D eigenvalue weighted by Gasteiger charge is 2.50. The number of rotatable bonds is 6. The van der Waals surface area contributed by atoms with Crippen LogP contribution in [0.4, 0.5) is 0 Å². The molecule has 0 saturated heterocycles.